The lowest BCUT2D eigenvalue weighted by atomic mass is 9.89. The third kappa shape index (κ3) is 5.99. The molecule has 41 heavy (non-hydrogen) atoms. The SMILES string of the molecule is Cc1cc(C)cc(-c2[nH]c3sc(C(C)(C)C(=O)N4CCCC4)cc3c2CCN2CCN(Cc3ccccn3)CC2)c1. The number of benzene rings is 1. The minimum Gasteiger partial charge on any atom is -0.346 e. The molecule has 1 aromatic carbocycles. The summed E-state index contributed by atoms with van der Waals surface area (Å²) in [6.07, 6.45) is 5.11. The van der Waals surface area contributed by atoms with Crippen LogP contribution in [-0.4, -0.2) is 76.4 Å². The summed E-state index contributed by atoms with van der Waals surface area (Å²) >= 11 is 1.76. The molecular formula is C34H43N5OS. The molecule has 2 aliphatic heterocycles. The molecule has 2 fully saturated rings. The van der Waals surface area contributed by atoms with Crippen LogP contribution < -0.4 is 0 Å². The van der Waals surface area contributed by atoms with Gasteiger partial charge in [-0.1, -0.05) is 23.3 Å². The van der Waals surface area contributed by atoms with Crippen LogP contribution in [0.4, 0.5) is 0 Å². The summed E-state index contributed by atoms with van der Waals surface area (Å²) < 4.78 is 0. The topological polar surface area (TPSA) is 55.5 Å². The highest BCUT2D eigenvalue weighted by Crippen LogP contribution is 2.41. The molecule has 1 N–H and O–H groups in total. The molecule has 6 rings (SSSR count). The van der Waals surface area contributed by atoms with Gasteiger partial charge < -0.3 is 14.8 Å². The maximum Gasteiger partial charge on any atom is 0.233 e. The van der Waals surface area contributed by atoms with Gasteiger partial charge in [-0.25, -0.2) is 0 Å². The van der Waals surface area contributed by atoms with E-state index < -0.39 is 5.41 Å². The van der Waals surface area contributed by atoms with Crippen LogP contribution in [0.1, 0.15) is 54.0 Å². The number of hydrogen-bond acceptors (Lipinski definition) is 5. The third-order valence-corrected chi connectivity index (χ3v) is 10.3. The number of carbonyl (C=O) groups excluding carboxylic acids is 1. The van der Waals surface area contributed by atoms with E-state index in [1.54, 1.807) is 11.3 Å². The van der Waals surface area contributed by atoms with Gasteiger partial charge in [0.25, 0.3) is 0 Å². The maximum absolute atomic E-state index is 13.5. The van der Waals surface area contributed by atoms with Crippen molar-refractivity contribution in [1.82, 2.24) is 24.7 Å². The first-order valence-corrected chi connectivity index (χ1v) is 16.0. The first kappa shape index (κ1) is 28.1. The molecule has 2 aliphatic rings. The standard InChI is InChI=1S/C34H43N5OS/c1-24-19-25(2)21-26(20-24)31-28(10-14-37-15-17-38(18-16-37)23-27-9-5-6-11-35-27)29-22-30(41-32(29)36-31)34(3,4)33(40)39-12-7-8-13-39/h5-6,9,11,19-22,36H,7-8,10,12-18,23H2,1-4H3. The maximum atomic E-state index is 13.5. The fourth-order valence-corrected chi connectivity index (χ4v) is 7.73. The van der Waals surface area contributed by atoms with E-state index in [-0.39, 0.29) is 5.91 Å². The summed E-state index contributed by atoms with van der Waals surface area (Å²) in [4.78, 5) is 31.3. The molecular weight excluding hydrogens is 526 g/mol. The van der Waals surface area contributed by atoms with Crippen LogP contribution in [0.15, 0.2) is 48.7 Å². The number of pyridine rings is 1. The fourth-order valence-electron chi connectivity index (χ4n) is 6.55. The monoisotopic (exact) mass is 569 g/mol. The number of amides is 1. The van der Waals surface area contributed by atoms with Crippen molar-refractivity contribution >= 4 is 27.5 Å². The van der Waals surface area contributed by atoms with E-state index >= 15 is 0 Å². The Morgan fingerprint density at radius 1 is 0.951 bits per heavy atom. The van der Waals surface area contributed by atoms with E-state index in [0.717, 1.165) is 82.2 Å². The Balaban J connectivity index is 1.23. The number of carbonyl (C=O) groups is 1. The Labute approximate surface area is 248 Å². The van der Waals surface area contributed by atoms with E-state index in [9.17, 15) is 4.79 Å². The number of piperazine rings is 1. The molecule has 3 aromatic heterocycles. The Morgan fingerprint density at radius 2 is 1.66 bits per heavy atom. The average Bonchev–Trinajstić information content (AvgIpc) is 3.70. The van der Waals surface area contributed by atoms with Gasteiger partial charge in [0.1, 0.15) is 4.83 Å². The number of fused-ring (bicyclic) bond motifs is 1. The van der Waals surface area contributed by atoms with Crippen molar-refractivity contribution in [3.05, 3.63) is 75.9 Å². The lowest BCUT2D eigenvalue weighted by Gasteiger charge is -2.34. The molecule has 1 amide bonds. The van der Waals surface area contributed by atoms with Crippen molar-refractivity contribution in [2.75, 3.05) is 45.8 Å². The van der Waals surface area contributed by atoms with E-state index in [4.69, 9.17) is 0 Å². The van der Waals surface area contributed by atoms with Crippen molar-refractivity contribution < 1.29 is 4.79 Å². The van der Waals surface area contributed by atoms with Gasteiger partial charge in [0.2, 0.25) is 5.91 Å². The van der Waals surface area contributed by atoms with Crippen LogP contribution in [0.5, 0.6) is 0 Å². The third-order valence-electron chi connectivity index (χ3n) is 8.91. The van der Waals surface area contributed by atoms with E-state index in [2.05, 4.69) is 88.8 Å². The number of likely N-dealkylation sites (tertiary alicyclic amines) is 1. The zero-order valence-electron chi connectivity index (χ0n) is 25.0. The molecule has 0 radical (unpaired) electrons. The van der Waals surface area contributed by atoms with Gasteiger partial charge in [-0.2, -0.15) is 0 Å². The highest BCUT2D eigenvalue weighted by Gasteiger charge is 2.37. The number of nitrogens with zero attached hydrogens (tertiary/aromatic N) is 4. The van der Waals surface area contributed by atoms with Gasteiger partial charge in [0.05, 0.1) is 16.8 Å². The second-order valence-electron chi connectivity index (χ2n) is 12.5. The van der Waals surface area contributed by atoms with Crippen LogP contribution in [0.3, 0.4) is 0 Å². The molecule has 6 nitrogen and oxygen atoms in total. The zero-order chi connectivity index (χ0) is 28.6. The summed E-state index contributed by atoms with van der Waals surface area (Å²) in [7, 11) is 0. The number of H-pyrrole nitrogens is 1. The van der Waals surface area contributed by atoms with Crippen molar-refractivity contribution in [2.45, 2.75) is 58.9 Å². The van der Waals surface area contributed by atoms with Crippen molar-refractivity contribution in [3.8, 4) is 11.3 Å². The number of thiophene rings is 1. The van der Waals surface area contributed by atoms with Crippen LogP contribution in [0.2, 0.25) is 0 Å². The Kier molecular flexibility index (Phi) is 8.03. The molecule has 0 saturated carbocycles. The first-order chi connectivity index (χ1) is 19.8. The van der Waals surface area contributed by atoms with E-state index in [1.165, 1.54) is 38.2 Å². The van der Waals surface area contributed by atoms with E-state index in [1.807, 2.05) is 12.3 Å². The summed E-state index contributed by atoms with van der Waals surface area (Å²) in [5.41, 5.74) is 7.07. The minimum absolute atomic E-state index is 0.263. The number of rotatable bonds is 8. The second kappa shape index (κ2) is 11.7. The predicted molar refractivity (Wildman–Crippen MR) is 170 cm³/mol. The highest BCUT2D eigenvalue weighted by molar-refractivity contribution is 7.19. The minimum atomic E-state index is -0.518. The number of aromatic nitrogens is 2. The second-order valence-corrected chi connectivity index (χ2v) is 13.6. The van der Waals surface area contributed by atoms with Crippen LogP contribution in [0.25, 0.3) is 21.5 Å². The lowest BCUT2D eigenvalue weighted by molar-refractivity contribution is -0.135. The quantitative estimate of drug-likeness (QED) is 0.276. The molecule has 216 valence electrons. The molecule has 7 heteroatoms. The summed E-state index contributed by atoms with van der Waals surface area (Å²) in [6.45, 7) is 16.6. The summed E-state index contributed by atoms with van der Waals surface area (Å²) in [6, 6.07) is 15.3. The van der Waals surface area contributed by atoms with Crippen molar-refractivity contribution in [3.63, 3.8) is 0 Å². The van der Waals surface area contributed by atoms with Crippen LogP contribution >= 0.6 is 11.3 Å². The molecule has 0 aliphatic carbocycles. The normalized spacial score (nSPS) is 17.1. The Morgan fingerprint density at radius 3 is 2.34 bits per heavy atom. The molecule has 0 atom stereocenters. The van der Waals surface area contributed by atoms with Gasteiger partial charge in [-0.15, -0.1) is 11.3 Å². The first-order valence-electron chi connectivity index (χ1n) is 15.2. The molecule has 0 unspecified atom stereocenters. The molecule has 5 heterocycles. The smallest absolute Gasteiger partial charge is 0.233 e. The number of hydrogen-bond donors (Lipinski definition) is 1. The van der Waals surface area contributed by atoms with Gasteiger partial charge in [-0.05, 0) is 88.4 Å². The fraction of sp³-hybridized carbons (Fsp3) is 0.471. The van der Waals surface area contributed by atoms with Crippen LogP contribution in [0, 0.1) is 13.8 Å². The molecule has 0 bridgehead atoms. The molecule has 0 spiro atoms. The summed E-state index contributed by atoms with van der Waals surface area (Å²) in [5, 5.41) is 1.29. The van der Waals surface area contributed by atoms with Crippen molar-refractivity contribution in [1.29, 1.82) is 0 Å². The van der Waals surface area contributed by atoms with Crippen molar-refractivity contribution in [2.24, 2.45) is 0 Å². The lowest BCUT2D eigenvalue weighted by Crippen LogP contribution is -2.46. The zero-order valence-corrected chi connectivity index (χ0v) is 25.8. The largest absolute Gasteiger partial charge is 0.346 e. The summed E-state index contributed by atoms with van der Waals surface area (Å²) in [5.74, 6) is 0.263. The van der Waals surface area contributed by atoms with Gasteiger partial charge in [0.15, 0.2) is 0 Å². The van der Waals surface area contributed by atoms with E-state index in [0.29, 0.717) is 0 Å². The van der Waals surface area contributed by atoms with Gasteiger partial charge >= 0.3 is 0 Å². The van der Waals surface area contributed by atoms with Crippen LogP contribution in [-0.2, 0) is 23.2 Å². The number of aromatic amines is 1. The molecule has 2 saturated heterocycles. The Hall–Kier alpha value is -3.00. The Bertz CT molecular complexity index is 1490. The van der Waals surface area contributed by atoms with Gasteiger partial charge in [-0.3, -0.25) is 14.7 Å². The highest BCUT2D eigenvalue weighted by atomic mass is 32.1. The van der Waals surface area contributed by atoms with Gasteiger partial charge in [0, 0.05) is 68.8 Å². The average molecular weight is 570 g/mol. The number of nitrogens with one attached hydrogen (secondary N) is 1. The number of aryl methyl sites for hydroxylation is 2. The molecule has 4 aromatic rings. The predicted octanol–water partition coefficient (Wildman–Crippen LogP) is 6.17.